The number of carbonyl (C=O) groups excluding carboxylic acids is 1. The molecular formula is C31H67Cl5F4N5O9S4+. The minimum atomic E-state index is -5.49. The van der Waals surface area contributed by atoms with Crippen LogP contribution < -0.4 is 20.7 Å². The van der Waals surface area contributed by atoms with Crippen molar-refractivity contribution in [2.24, 2.45) is 17.8 Å². The molecule has 3 aliphatic heterocycles. The van der Waals surface area contributed by atoms with Gasteiger partial charge in [0.25, 0.3) is 0 Å². The minimum absolute atomic E-state index is 0. The molecule has 58 heavy (non-hydrogen) atoms. The summed E-state index contributed by atoms with van der Waals surface area (Å²) in [6, 6.07) is 1.57. The number of nitrogens with zero attached hydrogens (tertiary/aromatic N) is 3. The number of halogens is 9. The van der Waals surface area contributed by atoms with E-state index in [1.807, 2.05) is 6.79 Å². The third-order valence-corrected chi connectivity index (χ3v) is 13.1. The quantitative estimate of drug-likeness (QED) is 0.130. The largest absolute Gasteiger partial charge is 1.00 e. The predicted molar refractivity (Wildman–Crippen MR) is 224 cm³/mol. The Bertz CT molecular complexity index is 1330. The molecule has 14 nitrogen and oxygen atoms in total. The summed E-state index contributed by atoms with van der Waals surface area (Å²) in [7, 11) is -15.3. The van der Waals surface area contributed by atoms with Gasteiger partial charge in [0.2, 0.25) is 0 Å². The van der Waals surface area contributed by atoms with E-state index in [0.717, 1.165) is 38.7 Å². The SMILES string of the molecule is C=O.CC1CCCCC1.CC1CCCN(C)C1.CC1CCC[N+](C)(CCl)C1.C[N+]1(CCl)CCCCC1.ClCCl.O=S(=O)(F)NS(=O)(=O)F.O=S(=O)(F)NS(=O)(=O)F.[Cl-]. The zero-order chi connectivity index (χ0) is 45.6. The van der Waals surface area contributed by atoms with Crippen LogP contribution in [0.3, 0.4) is 0 Å². The molecule has 3 saturated heterocycles. The van der Waals surface area contributed by atoms with E-state index >= 15 is 0 Å². The van der Waals surface area contributed by atoms with Gasteiger partial charge in [-0.15, -0.1) is 23.2 Å². The fraction of sp³-hybridized carbons (Fsp3) is 0.968. The van der Waals surface area contributed by atoms with Crippen LogP contribution in [-0.4, -0.2) is 132 Å². The summed E-state index contributed by atoms with van der Waals surface area (Å²) >= 11 is 21.2. The normalized spacial score (nSPS) is 23.4. The highest BCUT2D eigenvalue weighted by molar-refractivity contribution is 8.00. The number of carbonyl (C=O) groups is 1. The van der Waals surface area contributed by atoms with Gasteiger partial charge in [-0.05, 0) is 70.4 Å². The first-order valence-corrected chi connectivity index (χ1v) is 25.8. The van der Waals surface area contributed by atoms with Crippen LogP contribution in [0, 0.1) is 17.8 Å². The number of nitrogens with one attached hydrogen (secondary N) is 2. The van der Waals surface area contributed by atoms with Crippen LogP contribution in [0.1, 0.15) is 97.8 Å². The molecule has 0 aromatic rings. The summed E-state index contributed by atoms with van der Waals surface area (Å²) in [4.78, 5) is 10.4. The van der Waals surface area contributed by atoms with E-state index in [9.17, 15) is 49.2 Å². The predicted octanol–water partition coefficient (Wildman–Crippen LogP) is 4.06. The Hall–Kier alpha value is 0.440. The summed E-state index contributed by atoms with van der Waals surface area (Å²) in [6.45, 7) is 16.7. The first-order chi connectivity index (χ1) is 25.9. The van der Waals surface area contributed by atoms with E-state index in [2.05, 4.69) is 46.8 Å². The van der Waals surface area contributed by atoms with Crippen molar-refractivity contribution >= 4 is 94.8 Å². The smallest absolute Gasteiger partial charge is 0.387 e. The molecule has 0 spiro atoms. The fourth-order valence-electron chi connectivity index (χ4n) is 6.23. The minimum Gasteiger partial charge on any atom is -1.00 e. The second kappa shape index (κ2) is 35.9. The molecule has 1 saturated carbocycles. The molecule has 4 fully saturated rings. The zero-order valence-electron chi connectivity index (χ0n) is 34.3. The maximum absolute atomic E-state index is 11.1. The van der Waals surface area contributed by atoms with Crippen LogP contribution in [0.5, 0.6) is 0 Å². The van der Waals surface area contributed by atoms with E-state index in [1.165, 1.54) is 116 Å². The second-order valence-corrected chi connectivity index (χ2v) is 21.0. The van der Waals surface area contributed by atoms with Crippen molar-refractivity contribution in [3.8, 4) is 0 Å². The lowest BCUT2D eigenvalue weighted by Gasteiger charge is -2.38. The lowest BCUT2D eigenvalue weighted by atomic mass is 9.91. The standard InChI is InChI=1S/C8H17ClN.C7H15ClN.C7H15N.C7H14.CH2Cl2.CH2O.ClH.2F2HNO4S2/c1-8-4-3-5-10(2,6-8)7-9;1-9(7-8)5-3-2-4-6-9;1-7-4-3-5-8(2)6-7;1-7-5-3-2-4-6-7;2-1-3;1-2;;2*1-8(4,5)3-9(2,6)7/h8H,3-7H2,1-2H3;2-7H2,1H3;7H,3-6H2,1-2H3;7H,2-6H2,1H3;1H2;1H2;1H;2*3H/q2*+1;;;;;;;/p-1. The summed E-state index contributed by atoms with van der Waals surface area (Å²) in [5.41, 5.74) is 0. The Labute approximate surface area is 374 Å². The highest BCUT2D eigenvalue weighted by Crippen LogP contribution is 2.22. The third-order valence-electron chi connectivity index (χ3n) is 8.77. The maximum Gasteiger partial charge on any atom is 0.387 e. The Balaban J connectivity index is -0.000000189. The molecule has 1 aliphatic carbocycles. The number of alkyl halides is 4. The molecule has 2 N–H and O–H groups in total. The summed E-state index contributed by atoms with van der Waals surface area (Å²) in [5.74, 6) is 2.85. The van der Waals surface area contributed by atoms with Crippen LogP contribution in [0.2, 0.25) is 0 Å². The molecule has 3 unspecified atom stereocenters. The van der Waals surface area contributed by atoms with Crippen LogP contribution in [0.25, 0.3) is 0 Å². The number of quaternary nitrogens is 2. The van der Waals surface area contributed by atoms with Crippen LogP contribution in [0.15, 0.2) is 0 Å². The van der Waals surface area contributed by atoms with E-state index in [4.69, 9.17) is 51.2 Å². The van der Waals surface area contributed by atoms with Crippen molar-refractivity contribution in [2.75, 3.05) is 77.8 Å². The number of rotatable bonds is 6. The van der Waals surface area contributed by atoms with Crippen LogP contribution >= 0.6 is 46.4 Å². The highest BCUT2D eigenvalue weighted by Gasteiger charge is 2.27. The zero-order valence-corrected chi connectivity index (χ0v) is 41.4. The van der Waals surface area contributed by atoms with Gasteiger partial charge in [0, 0.05) is 12.5 Å². The van der Waals surface area contributed by atoms with Crippen molar-refractivity contribution < 1.29 is 75.4 Å². The highest BCUT2D eigenvalue weighted by atomic mass is 35.5. The van der Waals surface area contributed by atoms with Crippen molar-refractivity contribution in [1.82, 2.24) is 13.2 Å². The number of likely N-dealkylation sites (tertiary alicyclic amines) is 3. The van der Waals surface area contributed by atoms with Crippen LogP contribution in [0.4, 0.5) is 15.5 Å². The van der Waals surface area contributed by atoms with Gasteiger partial charge in [-0.3, -0.25) is 0 Å². The summed E-state index contributed by atoms with van der Waals surface area (Å²) < 4.78 is 121. The lowest BCUT2D eigenvalue weighted by molar-refractivity contribution is -0.906. The van der Waals surface area contributed by atoms with Crippen molar-refractivity contribution in [3.05, 3.63) is 0 Å². The number of piperidine rings is 3. The van der Waals surface area contributed by atoms with E-state index in [0.29, 0.717) is 0 Å². The van der Waals surface area contributed by atoms with Gasteiger partial charge in [0.15, 0.2) is 12.0 Å². The molecular weight excluding hydrogens is 968 g/mol. The molecule has 0 amide bonds. The topological polar surface area (TPSA) is 181 Å². The molecule has 4 rings (SSSR count). The molecule has 0 radical (unpaired) electrons. The lowest BCUT2D eigenvalue weighted by Crippen LogP contribution is -3.00. The summed E-state index contributed by atoms with van der Waals surface area (Å²) in [5, 5.41) is 0.194. The molecule has 27 heteroatoms. The fourth-order valence-corrected chi connectivity index (χ4v) is 8.59. The van der Waals surface area contributed by atoms with Gasteiger partial charge in [-0.2, -0.15) is 33.7 Å². The van der Waals surface area contributed by atoms with Crippen molar-refractivity contribution in [1.29, 1.82) is 0 Å². The van der Waals surface area contributed by atoms with E-state index < -0.39 is 41.6 Å². The van der Waals surface area contributed by atoms with Gasteiger partial charge in [0.1, 0.15) is 6.79 Å². The molecule has 356 valence electrons. The number of hydrogen-bond donors (Lipinski definition) is 2. The average Bonchev–Trinajstić information content (AvgIpc) is 3.05. The molecule has 0 aromatic heterocycles. The Morgan fingerprint density at radius 1 is 0.569 bits per heavy atom. The maximum atomic E-state index is 11.1. The third kappa shape index (κ3) is 50.8. The van der Waals surface area contributed by atoms with Crippen LogP contribution in [-0.2, 0) is 46.4 Å². The number of hydrogen-bond acceptors (Lipinski definition) is 10. The molecule has 3 heterocycles. The first kappa shape index (κ1) is 67.5. The molecule has 3 atom stereocenters. The molecule has 0 aromatic carbocycles. The van der Waals surface area contributed by atoms with Gasteiger partial charge in [-0.1, -0.05) is 99.9 Å². The van der Waals surface area contributed by atoms with Crippen molar-refractivity contribution in [2.45, 2.75) is 97.8 Å². The van der Waals surface area contributed by atoms with Gasteiger partial charge < -0.3 is 31.1 Å². The Morgan fingerprint density at radius 3 is 1.10 bits per heavy atom. The first-order valence-electron chi connectivity index (χ1n) is 18.2. The molecule has 4 aliphatic rings. The van der Waals surface area contributed by atoms with Gasteiger partial charge in [0.05, 0.1) is 45.6 Å². The van der Waals surface area contributed by atoms with Crippen molar-refractivity contribution in [3.63, 3.8) is 0 Å². The molecule has 0 bridgehead atoms. The van der Waals surface area contributed by atoms with Gasteiger partial charge >= 0.3 is 41.6 Å². The summed E-state index contributed by atoms with van der Waals surface area (Å²) in [6.07, 6.45) is 17.2. The second-order valence-electron chi connectivity index (χ2n) is 14.9. The Kier molecular flexibility index (Phi) is 41.7. The van der Waals surface area contributed by atoms with E-state index in [1.54, 1.807) is 0 Å². The Morgan fingerprint density at radius 2 is 0.897 bits per heavy atom. The van der Waals surface area contributed by atoms with Gasteiger partial charge in [-0.25, -0.2) is 0 Å². The average molecular weight is 1040 g/mol. The van der Waals surface area contributed by atoms with E-state index in [-0.39, 0.29) is 26.0 Å². The monoisotopic (exact) mass is 1030 g/mol.